The molecule has 0 radical (unpaired) electrons. The van der Waals surface area contributed by atoms with E-state index in [1.165, 1.54) is 4.68 Å². The Morgan fingerprint density at radius 2 is 2.04 bits per heavy atom. The first kappa shape index (κ1) is 17.0. The lowest BCUT2D eigenvalue weighted by Gasteiger charge is -2.24. The van der Waals surface area contributed by atoms with Gasteiger partial charge in [0.2, 0.25) is 0 Å². The van der Waals surface area contributed by atoms with Gasteiger partial charge in [-0.25, -0.2) is 9.07 Å². The molecule has 3 nitrogen and oxygen atoms in total. The summed E-state index contributed by atoms with van der Waals surface area (Å²) in [7, 11) is 0. The number of fused-ring (bicyclic) bond motifs is 1. The molecule has 2 aromatic rings. The zero-order chi connectivity index (χ0) is 16.9. The van der Waals surface area contributed by atoms with E-state index in [-0.39, 0.29) is 20.5 Å². The highest BCUT2D eigenvalue weighted by Gasteiger charge is 2.39. The molecule has 1 aliphatic rings. The van der Waals surface area contributed by atoms with Gasteiger partial charge in [0.1, 0.15) is 5.52 Å². The highest BCUT2D eigenvalue weighted by molar-refractivity contribution is 9.10. The second-order valence-corrected chi connectivity index (χ2v) is 6.56. The zero-order valence-electron chi connectivity index (χ0n) is 12.0. The summed E-state index contributed by atoms with van der Waals surface area (Å²) >= 11 is 8.92. The number of nitrogens with zero attached hydrogens (tertiary/aromatic N) is 2. The Morgan fingerprint density at radius 1 is 1.35 bits per heavy atom. The first-order valence-electron chi connectivity index (χ1n) is 6.97. The van der Waals surface area contributed by atoms with E-state index in [1.807, 2.05) is 0 Å². The van der Waals surface area contributed by atoms with Crippen LogP contribution in [-0.2, 0) is 10.9 Å². The van der Waals surface area contributed by atoms with Gasteiger partial charge in [-0.05, 0) is 42.1 Å². The van der Waals surface area contributed by atoms with E-state index >= 15 is 0 Å². The van der Waals surface area contributed by atoms with Crippen LogP contribution in [-0.4, -0.2) is 16.4 Å². The predicted octanol–water partition coefficient (Wildman–Crippen LogP) is 5.62. The molecule has 1 aliphatic heterocycles. The number of ether oxygens (including phenoxy) is 1. The van der Waals surface area contributed by atoms with Crippen molar-refractivity contribution >= 4 is 38.4 Å². The average Bonchev–Trinajstić information content (AvgIpc) is 2.82. The Bertz CT molecular complexity index is 769. The van der Waals surface area contributed by atoms with Gasteiger partial charge in [0.25, 0.3) is 0 Å². The van der Waals surface area contributed by atoms with Crippen molar-refractivity contribution in [3.05, 3.63) is 26.6 Å². The van der Waals surface area contributed by atoms with E-state index in [2.05, 4.69) is 21.0 Å². The molecular weight excluding hydrogens is 404 g/mol. The van der Waals surface area contributed by atoms with Crippen molar-refractivity contribution in [3.63, 3.8) is 0 Å². The summed E-state index contributed by atoms with van der Waals surface area (Å²) < 4.78 is 60.9. The van der Waals surface area contributed by atoms with Crippen LogP contribution in [0.4, 0.5) is 17.6 Å². The van der Waals surface area contributed by atoms with Gasteiger partial charge in [-0.1, -0.05) is 11.6 Å². The third-order valence-corrected chi connectivity index (χ3v) is 4.99. The van der Waals surface area contributed by atoms with Crippen molar-refractivity contribution in [2.75, 3.05) is 6.61 Å². The van der Waals surface area contributed by atoms with Crippen LogP contribution in [0.15, 0.2) is 4.47 Å². The Hall–Kier alpha value is -0.860. The lowest BCUT2D eigenvalue weighted by Crippen LogP contribution is -2.20. The molecule has 1 fully saturated rings. The summed E-state index contributed by atoms with van der Waals surface area (Å²) in [5, 5.41) is 3.74. The van der Waals surface area contributed by atoms with Crippen LogP contribution >= 0.6 is 27.5 Å². The van der Waals surface area contributed by atoms with Gasteiger partial charge in [-0.3, -0.25) is 0 Å². The molecule has 1 aromatic carbocycles. The fraction of sp³-hybridized carbons (Fsp3) is 0.500. The molecule has 0 saturated carbocycles. The SMILES string of the molecule is Cc1c(C(F)(F)F)c(Br)c2c(Cl)nn(C3CCCCO3)c2c1F. The molecule has 0 amide bonds. The van der Waals surface area contributed by atoms with E-state index in [4.69, 9.17) is 16.3 Å². The molecule has 0 spiro atoms. The summed E-state index contributed by atoms with van der Waals surface area (Å²) in [6.45, 7) is 1.58. The van der Waals surface area contributed by atoms with Crippen LogP contribution < -0.4 is 0 Å². The molecule has 1 unspecified atom stereocenters. The second kappa shape index (κ2) is 5.89. The third-order valence-electron chi connectivity index (χ3n) is 3.93. The van der Waals surface area contributed by atoms with Gasteiger partial charge >= 0.3 is 6.18 Å². The van der Waals surface area contributed by atoms with Gasteiger partial charge in [0.05, 0.1) is 10.9 Å². The molecule has 3 rings (SSSR count). The number of hydrogen-bond acceptors (Lipinski definition) is 2. The van der Waals surface area contributed by atoms with E-state index in [0.717, 1.165) is 19.8 Å². The summed E-state index contributed by atoms with van der Waals surface area (Å²) in [5.41, 5.74) is -1.64. The Morgan fingerprint density at radius 3 is 2.61 bits per heavy atom. The van der Waals surface area contributed by atoms with Gasteiger partial charge < -0.3 is 4.74 Å². The van der Waals surface area contributed by atoms with Gasteiger partial charge in [0, 0.05) is 16.6 Å². The summed E-state index contributed by atoms with van der Waals surface area (Å²) in [6.07, 6.45) is -2.88. The lowest BCUT2D eigenvalue weighted by molar-refractivity contribution is -0.138. The monoisotopic (exact) mass is 414 g/mol. The number of aromatic nitrogens is 2. The fourth-order valence-electron chi connectivity index (χ4n) is 2.85. The number of halogens is 6. The van der Waals surface area contributed by atoms with Crippen molar-refractivity contribution in [1.82, 2.24) is 9.78 Å². The van der Waals surface area contributed by atoms with Crippen molar-refractivity contribution in [1.29, 1.82) is 0 Å². The predicted molar refractivity (Wildman–Crippen MR) is 81.0 cm³/mol. The maximum absolute atomic E-state index is 14.7. The minimum Gasteiger partial charge on any atom is -0.356 e. The standard InChI is InChI=1S/C14H12BrClF4N2O/c1-6-9(14(18,19)20)10(15)8-12(11(6)17)22(21-13(8)16)7-4-2-3-5-23-7/h7H,2-5H2,1H3. The first-order valence-corrected chi connectivity index (χ1v) is 8.14. The summed E-state index contributed by atoms with van der Waals surface area (Å²) in [4.78, 5) is 0. The summed E-state index contributed by atoms with van der Waals surface area (Å²) in [6, 6.07) is 0. The maximum Gasteiger partial charge on any atom is 0.417 e. The van der Waals surface area contributed by atoms with Crippen LogP contribution in [0, 0.1) is 12.7 Å². The number of alkyl halides is 3. The minimum atomic E-state index is -4.70. The molecule has 1 atom stereocenters. The van der Waals surface area contributed by atoms with Gasteiger partial charge in [-0.15, -0.1) is 0 Å². The maximum atomic E-state index is 14.7. The van der Waals surface area contributed by atoms with E-state index in [1.54, 1.807) is 0 Å². The normalized spacial score (nSPS) is 19.5. The zero-order valence-corrected chi connectivity index (χ0v) is 14.3. The van der Waals surface area contributed by atoms with Crippen molar-refractivity contribution in [2.45, 2.75) is 38.6 Å². The lowest BCUT2D eigenvalue weighted by atomic mass is 10.0. The molecule has 9 heteroatoms. The van der Waals surface area contributed by atoms with Crippen LogP contribution in [0.3, 0.4) is 0 Å². The van der Waals surface area contributed by atoms with Crippen molar-refractivity contribution in [2.24, 2.45) is 0 Å². The van der Waals surface area contributed by atoms with Gasteiger partial charge in [0.15, 0.2) is 17.2 Å². The highest BCUT2D eigenvalue weighted by Crippen LogP contribution is 2.45. The van der Waals surface area contributed by atoms with Crippen molar-refractivity contribution in [3.8, 4) is 0 Å². The fourth-order valence-corrected chi connectivity index (χ4v) is 4.13. The molecular formula is C14H12BrClF4N2O. The number of benzene rings is 1. The third kappa shape index (κ3) is 2.74. The minimum absolute atomic E-state index is 0.0701. The molecule has 23 heavy (non-hydrogen) atoms. The van der Waals surface area contributed by atoms with Gasteiger partial charge in [-0.2, -0.15) is 18.3 Å². The number of hydrogen-bond donors (Lipinski definition) is 0. The molecule has 0 bridgehead atoms. The van der Waals surface area contributed by atoms with Crippen LogP contribution in [0.25, 0.3) is 10.9 Å². The molecule has 0 N–H and O–H groups in total. The topological polar surface area (TPSA) is 27.1 Å². The molecule has 126 valence electrons. The Labute approximate surface area is 142 Å². The van der Waals surface area contributed by atoms with E-state index < -0.39 is 29.3 Å². The quantitative estimate of drug-likeness (QED) is 0.566. The van der Waals surface area contributed by atoms with E-state index in [9.17, 15) is 17.6 Å². The summed E-state index contributed by atoms with van der Waals surface area (Å²) in [5.74, 6) is -0.982. The molecule has 2 heterocycles. The molecule has 1 saturated heterocycles. The largest absolute Gasteiger partial charge is 0.417 e. The van der Waals surface area contributed by atoms with Crippen LogP contribution in [0.5, 0.6) is 0 Å². The first-order chi connectivity index (χ1) is 10.7. The smallest absolute Gasteiger partial charge is 0.356 e. The average molecular weight is 416 g/mol. The molecule has 0 aliphatic carbocycles. The highest BCUT2D eigenvalue weighted by atomic mass is 79.9. The van der Waals surface area contributed by atoms with Crippen LogP contribution in [0.1, 0.15) is 36.6 Å². The van der Waals surface area contributed by atoms with E-state index in [0.29, 0.717) is 13.0 Å². The number of rotatable bonds is 1. The molecule has 1 aromatic heterocycles. The second-order valence-electron chi connectivity index (χ2n) is 5.41. The van der Waals surface area contributed by atoms with Crippen LogP contribution in [0.2, 0.25) is 5.15 Å². The Balaban J connectivity index is 2.32. The Kier molecular flexibility index (Phi) is 4.35. The van der Waals surface area contributed by atoms with Crippen molar-refractivity contribution < 1.29 is 22.3 Å².